The topological polar surface area (TPSA) is 18.5 Å². The van der Waals surface area contributed by atoms with Gasteiger partial charge in [0.25, 0.3) is 0 Å². The molecule has 2 aliphatic rings. The van der Waals surface area contributed by atoms with E-state index in [4.69, 9.17) is 0 Å². The first-order valence-corrected chi connectivity index (χ1v) is 9.28. The fourth-order valence-electron chi connectivity index (χ4n) is 4.35. The molecule has 1 unspecified atom stereocenters. The highest BCUT2D eigenvalue weighted by Crippen LogP contribution is 2.36. The number of nitrogens with one attached hydrogen (secondary N) is 1. The Kier molecular flexibility index (Phi) is 6.97. The third-order valence-electron chi connectivity index (χ3n) is 5.64. The van der Waals surface area contributed by atoms with Gasteiger partial charge in [0, 0.05) is 25.7 Å². The van der Waals surface area contributed by atoms with Crippen molar-refractivity contribution in [1.82, 2.24) is 15.1 Å². The first-order chi connectivity index (χ1) is 10.2. The average molecular weight is 296 g/mol. The highest BCUT2D eigenvalue weighted by molar-refractivity contribution is 4.89. The Morgan fingerprint density at radius 1 is 1.05 bits per heavy atom. The van der Waals surface area contributed by atoms with E-state index in [9.17, 15) is 0 Å². The van der Waals surface area contributed by atoms with E-state index in [1.165, 1.54) is 77.7 Å². The summed E-state index contributed by atoms with van der Waals surface area (Å²) in [7, 11) is 2.28. The van der Waals surface area contributed by atoms with Gasteiger partial charge >= 0.3 is 0 Å². The molecule has 0 aromatic heterocycles. The van der Waals surface area contributed by atoms with Crippen LogP contribution >= 0.6 is 0 Å². The maximum atomic E-state index is 3.68. The zero-order chi connectivity index (χ0) is 15.1. The summed E-state index contributed by atoms with van der Waals surface area (Å²) in [4.78, 5) is 5.31. The normalized spacial score (nSPS) is 29.0. The molecule has 1 saturated heterocycles. The predicted molar refractivity (Wildman–Crippen MR) is 91.8 cm³/mol. The lowest BCUT2D eigenvalue weighted by Gasteiger charge is -2.40. The van der Waals surface area contributed by atoms with E-state index in [1.54, 1.807) is 0 Å². The van der Waals surface area contributed by atoms with Gasteiger partial charge in [-0.15, -0.1) is 0 Å². The van der Waals surface area contributed by atoms with Crippen LogP contribution in [0.15, 0.2) is 0 Å². The summed E-state index contributed by atoms with van der Waals surface area (Å²) in [5, 5.41) is 3.68. The van der Waals surface area contributed by atoms with E-state index >= 15 is 0 Å². The molecule has 21 heavy (non-hydrogen) atoms. The van der Waals surface area contributed by atoms with Crippen LogP contribution in [0.1, 0.15) is 58.8 Å². The van der Waals surface area contributed by atoms with Gasteiger partial charge in [-0.2, -0.15) is 0 Å². The van der Waals surface area contributed by atoms with Crippen LogP contribution in [0.4, 0.5) is 0 Å². The molecule has 3 nitrogen and oxygen atoms in total. The van der Waals surface area contributed by atoms with Crippen LogP contribution < -0.4 is 5.32 Å². The van der Waals surface area contributed by atoms with Crippen molar-refractivity contribution in [2.75, 3.05) is 46.3 Å². The summed E-state index contributed by atoms with van der Waals surface area (Å²) in [6, 6.07) is 0.708. The van der Waals surface area contributed by atoms with Crippen molar-refractivity contribution >= 4 is 0 Å². The molecule has 0 bridgehead atoms. The minimum absolute atomic E-state index is 0.531. The number of hydrogen-bond donors (Lipinski definition) is 1. The molecule has 1 heterocycles. The lowest BCUT2D eigenvalue weighted by atomic mass is 9.79. The Morgan fingerprint density at radius 3 is 2.43 bits per heavy atom. The standard InChI is InChI=1S/C18H37N3/c1-4-19-15-18(10-7-5-6-8-11-18)16-21-13-9-12-20(3)14-17(21)2/h17,19H,4-16H2,1-3H3. The number of rotatable bonds is 5. The van der Waals surface area contributed by atoms with E-state index in [1.807, 2.05) is 0 Å². The maximum absolute atomic E-state index is 3.68. The first-order valence-electron chi connectivity index (χ1n) is 9.28. The minimum atomic E-state index is 0.531. The van der Waals surface area contributed by atoms with Gasteiger partial charge in [-0.3, -0.25) is 4.90 Å². The molecule has 1 atom stereocenters. The Balaban J connectivity index is 2.02. The van der Waals surface area contributed by atoms with Gasteiger partial charge in [0.2, 0.25) is 0 Å². The Morgan fingerprint density at radius 2 is 1.76 bits per heavy atom. The molecule has 0 amide bonds. The van der Waals surface area contributed by atoms with Crippen LogP contribution in [0, 0.1) is 5.41 Å². The molecule has 0 radical (unpaired) electrons. The van der Waals surface area contributed by atoms with Gasteiger partial charge in [0.05, 0.1) is 0 Å². The molecule has 0 aromatic carbocycles. The summed E-state index contributed by atoms with van der Waals surface area (Å²) < 4.78 is 0. The zero-order valence-corrected chi connectivity index (χ0v) is 14.7. The number of hydrogen-bond acceptors (Lipinski definition) is 3. The predicted octanol–water partition coefficient (Wildman–Crippen LogP) is 2.96. The van der Waals surface area contributed by atoms with Crippen LogP contribution in [0.25, 0.3) is 0 Å². The average Bonchev–Trinajstić information content (AvgIpc) is 2.77. The molecular formula is C18H37N3. The quantitative estimate of drug-likeness (QED) is 0.787. The van der Waals surface area contributed by atoms with E-state index in [-0.39, 0.29) is 0 Å². The van der Waals surface area contributed by atoms with Crippen molar-refractivity contribution in [2.45, 2.75) is 64.8 Å². The molecule has 0 spiro atoms. The second-order valence-corrected chi connectivity index (χ2v) is 7.63. The van der Waals surface area contributed by atoms with Crippen molar-refractivity contribution in [3.8, 4) is 0 Å². The van der Waals surface area contributed by atoms with E-state index in [0.717, 1.165) is 6.54 Å². The van der Waals surface area contributed by atoms with Crippen LogP contribution in [-0.2, 0) is 0 Å². The van der Waals surface area contributed by atoms with E-state index < -0.39 is 0 Å². The highest BCUT2D eigenvalue weighted by Gasteiger charge is 2.34. The van der Waals surface area contributed by atoms with Crippen LogP contribution in [0.5, 0.6) is 0 Å². The van der Waals surface area contributed by atoms with Gasteiger partial charge in [-0.25, -0.2) is 0 Å². The largest absolute Gasteiger partial charge is 0.316 e. The van der Waals surface area contributed by atoms with Crippen molar-refractivity contribution in [2.24, 2.45) is 5.41 Å². The van der Waals surface area contributed by atoms with Crippen molar-refractivity contribution in [3.63, 3.8) is 0 Å². The smallest absolute Gasteiger partial charge is 0.0195 e. The highest BCUT2D eigenvalue weighted by atomic mass is 15.2. The minimum Gasteiger partial charge on any atom is -0.316 e. The van der Waals surface area contributed by atoms with Gasteiger partial charge in [-0.1, -0.05) is 32.6 Å². The fourth-order valence-corrected chi connectivity index (χ4v) is 4.35. The first kappa shape index (κ1) is 17.2. The van der Waals surface area contributed by atoms with Crippen molar-refractivity contribution in [1.29, 1.82) is 0 Å². The fraction of sp³-hybridized carbons (Fsp3) is 1.00. The Bertz CT molecular complexity index is 284. The number of nitrogens with zero attached hydrogens (tertiary/aromatic N) is 2. The van der Waals surface area contributed by atoms with Crippen molar-refractivity contribution in [3.05, 3.63) is 0 Å². The molecular weight excluding hydrogens is 258 g/mol. The van der Waals surface area contributed by atoms with Crippen LogP contribution in [-0.4, -0.2) is 62.2 Å². The van der Waals surface area contributed by atoms with Crippen molar-refractivity contribution < 1.29 is 0 Å². The van der Waals surface area contributed by atoms with E-state index in [2.05, 4.69) is 36.0 Å². The second kappa shape index (κ2) is 8.50. The molecule has 1 saturated carbocycles. The molecule has 1 aliphatic carbocycles. The Labute approximate surface area is 132 Å². The molecule has 3 heteroatoms. The molecule has 2 fully saturated rings. The molecule has 1 aliphatic heterocycles. The van der Waals surface area contributed by atoms with Gasteiger partial charge in [0.15, 0.2) is 0 Å². The summed E-state index contributed by atoms with van der Waals surface area (Å²) >= 11 is 0. The summed E-state index contributed by atoms with van der Waals surface area (Å²) in [6.07, 6.45) is 9.97. The van der Waals surface area contributed by atoms with Crippen LogP contribution in [0.3, 0.4) is 0 Å². The third-order valence-corrected chi connectivity index (χ3v) is 5.64. The SMILES string of the molecule is CCNCC1(CN2CCCN(C)CC2C)CCCCCC1. The van der Waals surface area contributed by atoms with Crippen LogP contribution in [0.2, 0.25) is 0 Å². The second-order valence-electron chi connectivity index (χ2n) is 7.63. The monoisotopic (exact) mass is 295 g/mol. The summed E-state index contributed by atoms with van der Waals surface area (Å²) in [5.74, 6) is 0. The lowest BCUT2D eigenvalue weighted by Crippen LogP contribution is -2.48. The zero-order valence-electron chi connectivity index (χ0n) is 14.7. The van der Waals surface area contributed by atoms with Gasteiger partial charge in [0.1, 0.15) is 0 Å². The molecule has 1 N–H and O–H groups in total. The third kappa shape index (κ3) is 5.22. The molecule has 0 aromatic rings. The van der Waals surface area contributed by atoms with Gasteiger partial charge in [-0.05, 0) is 58.3 Å². The summed E-state index contributed by atoms with van der Waals surface area (Å²) in [5.41, 5.74) is 0.531. The summed E-state index contributed by atoms with van der Waals surface area (Å²) in [6.45, 7) is 12.1. The maximum Gasteiger partial charge on any atom is 0.0195 e. The number of likely N-dealkylation sites (N-methyl/N-ethyl adjacent to an activating group) is 1. The Hall–Kier alpha value is -0.120. The molecule has 2 rings (SSSR count). The molecule has 124 valence electrons. The van der Waals surface area contributed by atoms with E-state index in [0.29, 0.717) is 11.5 Å². The lowest BCUT2D eigenvalue weighted by molar-refractivity contribution is 0.0991. The van der Waals surface area contributed by atoms with Gasteiger partial charge < -0.3 is 10.2 Å².